The number of nitrogens with one attached hydrogen (secondary N) is 1. The van der Waals surface area contributed by atoms with Crippen molar-refractivity contribution in [3.05, 3.63) is 93.7 Å². The van der Waals surface area contributed by atoms with Gasteiger partial charge in [0.1, 0.15) is 5.82 Å². The molecule has 0 aromatic heterocycles. The fourth-order valence-electron chi connectivity index (χ4n) is 2.93. The molecule has 0 saturated carbocycles. The molecule has 1 unspecified atom stereocenters. The van der Waals surface area contributed by atoms with Crippen molar-refractivity contribution in [1.29, 1.82) is 0 Å². The zero-order valence-corrected chi connectivity index (χ0v) is 16.0. The van der Waals surface area contributed by atoms with Crippen LogP contribution in [0.1, 0.15) is 24.0 Å². The van der Waals surface area contributed by atoms with Gasteiger partial charge in [0, 0.05) is 34.3 Å². The van der Waals surface area contributed by atoms with Gasteiger partial charge in [-0.15, -0.1) is 0 Å². The minimum absolute atomic E-state index is 0.269. The molecule has 1 nitrogen and oxygen atoms in total. The summed E-state index contributed by atoms with van der Waals surface area (Å²) >= 11 is 12.3. The van der Waals surface area contributed by atoms with Crippen LogP contribution >= 0.6 is 23.2 Å². The molecular weight excluding hydrogens is 368 g/mol. The highest BCUT2D eigenvalue weighted by Gasteiger charge is 2.10. The minimum Gasteiger partial charge on any atom is -0.312 e. The van der Waals surface area contributed by atoms with Crippen LogP contribution in [-0.4, -0.2) is 6.54 Å². The van der Waals surface area contributed by atoms with Crippen molar-refractivity contribution in [1.82, 2.24) is 5.32 Å². The van der Waals surface area contributed by atoms with Gasteiger partial charge in [0.2, 0.25) is 0 Å². The van der Waals surface area contributed by atoms with E-state index in [0.717, 1.165) is 17.1 Å². The summed E-state index contributed by atoms with van der Waals surface area (Å²) in [7, 11) is 0. The van der Waals surface area contributed by atoms with Gasteiger partial charge in [0.15, 0.2) is 0 Å². The summed E-state index contributed by atoms with van der Waals surface area (Å²) in [6, 6.07) is 20.3. The largest absolute Gasteiger partial charge is 0.312 e. The van der Waals surface area contributed by atoms with E-state index in [0.29, 0.717) is 28.6 Å². The van der Waals surface area contributed by atoms with Gasteiger partial charge in [-0.3, -0.25) is 0 Å². The molecule has 0 amide bonds. The Bertz CT molecular complexity index is 895. The van der Waals surface area contributed by atoms with E-state index in [1.165, 1.54) is 11.6 Å². The molecule has 0 saturated heterocycles. The number of halogens is 3. The highest BCUT2D eigenvalue weighted by molar-refractivity contribution is 6.33. The maximum atomic E-state index is 14.1. The standard InChI is InChI=1S/C22H20Cl2FN/c1-15(17-5-4-6-18(23)12-17)13-26-14-16-9-10-21(24)20(11-16)19-7-2-3-8-22(19)25/h2-12,15,26H,13-14H2,1H3. The fourth-order valence-corrected chi connectivity index (χ4v) is 3.35. The summed E-state index contributed by atoms with van der Waals surface area (Å²) in [5.74, 6) is 0.0705. The first-order valence-electron chi connectivity index (χ1n) is 8.54. The quantitative estimate of drug-likeness (QED) is 0.496. The molecule has 0 aliphatic heterocycles. The third-order valence-electron chi connectivity index (χ3n) is 4.39. The van der Waals surface area contributed by atoms with Crippen LogP contribution in [0.2, 0.25) is 10.0 Å². The van der Waals surface area contributed by atoms with Gasteiger partial charge in [-0.2, -0.15) is 0 Å². The van der Waals surface area contributed by atoms with Gasteiger partial charge in [0.25, 0.3) is 0 Å². The van der Waals surface area contributed by atoms with Crippen molar-refractivity contribution < 1.29 is 4.39 Å². The van der Waals surface area contributed by atoms with E-state index in [-0.39, 0.29) is 5.82 Å². The SMILES string of the molecule is CC(CNCc1ccc(Cl)c(-c2ccccc2F)c1)c1cccc(Cl)c1. The number of rotatable bonds is 6. The zero-order valence-electron chi connectivity index (χ0n) is 14.5. The first-order valence-corrected chi connectivity index (χ1v) is 9.29. The Morgan fingerprint density at radius 3 is 2.50 bits per heavy atom. The topological polar surface area (TPSA) is 12.0 Å². The number of benzene rings is 3. The van der Waals surface area contributed by atoms with Crippen LogP contribution in [0, 0.1) is 5.82 Å². The van der Waals surface area contributed by atoms with E-state index in [2.05, 4.69) is 18.3 Å². The predicted molar refractivity (Wildman–Crippen MR) is 108 cm³/mol. The van der Waals surface area contributed by atoms with Crippen LogP contribution in [0.5, 0.6) is 0 Å². The van der Waals surface area contributed by atoms with Gasteiger partial charge in [-0.05, 0) is 47.4 Å². The summed E-state index contributed by atoms with van der Waals surface area (Å²) in [5, 5.41) is 4.75. The third-order valence-corrected chi connectivity index (χ3v) is 4.96. The van der Waals surface area contributed by atoms with Crippen molar-refractivity contribution in [3.8, 4) is 11.1 Å². The summed E-state index contributed by atoms with van der Waals surface area (Å²) < 4.78 is 14.1. The molecule has 134 valence electrons. The van der Waals surface area contributed by atoms with E-state index >= 15 is 0 Å². The number of hydrogen-bond acceptors (Lipinski definition) is 1. The Labute approximate surface area is 163 Å². The number of hydrogen-bond donors (Lipinski definition) is 1. The van der Waals surface area contributed by atoms with Crippen molar-refractivity contribution >= 4 is 23.2 Å². The second-order valence-electron chi connectivity index (χ2n) is 6.38. The lowest BCUT2D eigenvalue weighted by molar-refractivity contribution is 0.615. The second kappa shape index (κ2) is 8.68. The van der Waals surface area contributed by atoms with E-state index in [4.69, 9.17) is 23.2 Å². The van der Waals surface area contributed by atoms with Gasteiger partial charge >= 0.3 is 0 Å². The fraction of sp³-hybridized carbons (Fsp3) is 0.182. The summed E-state index contributed by atoms with van der Waals surface area (Å²) in [6.45, 7) is 3.66. The Hall–Kier alpha value is -1.87. The van der Waals surface area contributed by atoms with Crippen LogP contribution in [0.25, 0.3) is 11.1 Å². The summed E-state index contributed by atoms with van der Waals surface area (Å²) in [4.78, 5) is 0. The molecule has 0 fully saturated rings. The van der Waals surface area contributed by atoms with Crippen LogP contribution in [0.3, 0.4) is 0 Å². The van der Waals surface area contributed by atoms with Gasteiger partial charge < -0.3 is 5.32 Å². The average molecular weight is 388 g/mol. The maximum absolute atomic E-state index is 14.1. The van der Waals surface area contributed by atoms with Gasteiger partial charge in [-0.1, -0.05) is 66.5 Å². The van der Waals surface area contributed by atoms with Crippen molar-refractivity contribution in [2.75, 3.05) is 6.54 Å². The lowest BCUT2D eigenvalue weighted by atomic mass is 10.0. The molecule has 0 radical (unpaired) electrons. The van der Waals surface area contributed by atoms with Gasteiger partial charge in [0.05, 0.1) is 0 Å². The van der Waals surface area contributed by atoms with Crippen molar-refractivity contribution in [2.24, 2.45) is 0 Å². The molecular formula is C22H20Cl2FN. The second-order valence-corrected chi connectivity index (χ2v) is 7.22. The minimum atomic E-state index is -0.269. The highest BCUT2D eigenvalue weighted by Crippen LogP contribution is 2.30. The molecule has 1 atom stereocenters. The van der Waals surface area contributed by atoms with Crippen molar-refractivity contribution in [3.63, 3.8) is 0 Å². The Balaban J connectivity index is 1.67. The maximum Gasteiger partial charge on any atom is 0.131 e. The predicted octanol–water partition coefficient (Wildman–Crippen LogP) is 6.69. The van der Waals surface area contributed by atoms with E-state index < -0.39 is 0 Å². The molecule has 0 heterocycles. The molecule has 4 heteroatoms. The lowest BCUT2D eigenvalue weighted by Crippen LogP contribution is -2.19. The summed E-state index contributed by atoms with van der Waals surface area (Å²) in [5.41, 5.74) is 3.50. The first kappa shape index (κ1) is 18.9. The monoisotopic (exact) mass is 387 g/mol. The first-order chi connectivity index (χ1) is 12.5. The zero-order chi connectivity index (χ0) is 18.5. The van der Waals surface area contributed by atoms with Crippen molar-refractivity contribution in [2.45, 2.75) is 19.4 Å². The molecule has 0 aliphatic carbocycles. The highest BCUT2D eigenvalue weighted by atomic mass is 35.5. The molecule has 3 rings (SSSR count). The Kier molecular flexibility index (Phi) is 6.31. The third kappa shape index (κ3) is 4.64. The molecule has 0 spiro atoms. The average Bonchev–Trinajstić information content (AvgIpc) is 2.63. The summed E-state index contributed by atoms with van der Waals surface area (Å²) in [6.07, 6.45) is 0. The van der Waals surface area contributed by atoms with E-state index in [1.807, 2.05) is 42.5 Å². The molecule has 0 bridgehead atoms. The van der Waals surface area contributed by atoms with Crippen LogP contribution in [0.4, 0.5) is 4.39 Å². The molecule has 0 aliphatic rings. The normalized spacial score (nSPS) is 12.2. The Morgan fingerprint density at radius 2 is 1.73 bits per heavy atom. The Morgan fingerprint density at radius 1 is 0.923 bits per heavy atom. The molecule has 3 aromatic carbocycles. The molecule has 3 aromatic rings. The molecule has 1 N–H and O–H groups in total. The van der Waals surface area contributed by atoms with Gasteiger partial charge in [-0.25, -0.2) is 4.39 Å². The van der Waals surface area contributed by atoms with E-state index in [1.54, 1.807) is 12.1 Å². The van der Waals surface area contributed by atoms with Crippen LogP contribution < -0.4 is 5.32 Å². The van der Waals surface area contributed by atoms with Crippen LogP contribution in [-0.2, 0) is 6.54 Å². The lowest BCUT2D eigenvalue weighted by Gasteiger charge is -2.14. The van der Waals surface area contributed by atoms with E-state index in [9.17, 15) is 4.39 Å². The molecule has 26 heavy (non-hydrogen) atoms. The smallest absolute Gasteiger partial charge is 0.131 e. The van der Waals surface area contributed by atoms with Crippen LogP contribution in [0.15, 0.2) is 66.7 Å².